The molecule has 0 saturated heterocycles. The van der Waals surface area contributed by atoms with Gasteiger partial charge in [0.1, 0.15) is 5.75 Å². The highest BCUT2D eigenvalue weighted by molar-refractivity contribution is 5.94. The summed E-state index contributed by atoms with van der Waals surface area (Å²) in [6.45, 7) is 2.65. The SMILES string of the molecule is COc1ccc(C(=O)NCCN(C(C)=O)C2CCCC2)cc1. The summed E-state index contributed by atoms with van der Waals surface area (Å²) < 4.78 is 5.07. The Hall–Kier alpha value is -2.04. The van der Waals surface area contributed by atoms with Gasteiger partial charge in [-0.2, -0.15) is 0 Å². The predicted molar refractivity (Wildman–Crippen MR) is 85.0 cm³/mol. The molecule has 5 nitrogen and oxygen atoms in total. The molecule has 0 aromatic heterocycles. The van der Waals surface area contributed by atoms with Crippen molar-refractivity contribution in [2.45, 2.75) is 38.6 Å². The van der Waals surface area contributed by atoms with E-state index in [1.54, 1.807) is 38.3 Å². The third kappa shape index (κ3) is 4.23. The van der Waals surface area contributed by atoms with Gasteiger partial charge in [-0.15, -0.1) is 0 Å². The molecule has 0 bridgehead atoms. The molecule has 120 valence electrons. The summed E-state index contributed by atoms with van der Waals surface area (Å²) in [5.41, 5.74) is 0.594. The first kappa shape index (κ1) is 16.3. The van der Waals surface area contributed by atoms with Gasteiger partial charge in [-0.1, -0.05) is 12.8 Å². The van der Waals surface area contributed by atoms with Crippen LogP contribution in [-0.2, 0) is 4.79 Å². The van der Waals surface area contributed by atoms with Crippen LogP contribution in [0.5, 0.6) is 5.75 Å². The second-order valence-electron chi connectivity index (χ2n) is 5.64. The highest BCUT2D eigenvalue weighted by atomic mass is 16.5. The molecule has 0 atom stereocenters. The molecule has 0 spiro atoms. The van der Waals surface area contributed by atoms with Crippen molar-refractivity contribution in [3.63, 3.8) is 0 Å². The molecule has 0 aliphatic heterocycles. The van der Waals surface area contributed by atoms with Crippen molar-refractivity contribution >= 4 is 11.8 Å². The number of rotatable bonds is 6. The summed E-state index contributed by atoms with van der Waals surface area (Å²) in [4.78, 5) is 25.7. The predicted octanol–water partition coefficient (Wildman–Crippen LogP) is 2.22. The molecule has 22 heavy (non-hydrogen) atoms. The van der Waals surface area contributed by atoms with Crippen molar-refractivity contribution in [2.24, 2.45) is 0 Å². The number of carbonyl (C=O) groups excluding carboxylic acids is 2. The Labute approximate surface area is 131 Å². The highest BCUT2D eigenvalue weighted by Crippen LogP contribution is 2.23. The first-order chi connectivity index (χ1) is 10.6. The van der Waals surface area contributed by atoms with Gasteiger partial charge >= 0.3 is 0 Å². The maximum absolute atomic E-state index is 12.1. The van der Waals surface area contributed by atoms with Crippen molar-refractivity contribution in [3.05, 3.63) is 29.8 Å². The molecule has 5 heteroatoms. The van der Waals surface area contributed by atoms with Gasteiger partial charge in [0.15, 0.2) is 0 Å². The molecule has 2 rings (SSSR count). The average molecular weight is 304 g/mol. The van der Waals surface area contributed by atoms with Crippen LogP contribution >= 0.6 is 0 Å². The Kier molecular flexibility index (Phi) is 5.81. The molecule has 0 unspecified atom stereocenters. The standard InChI is InChI=1S/C17H24N2O3/c1-13(20)19(15-5-3-4-6-15)12-11-18-17(21)14-7-9-16(22-2)10-8-14/h7-10,15H,3-6,11-12H2,1-2H3,(H,18,21). The Balaban J connectivity index is 1.82. The van der Waals surface area contributed by atoms with Crippen molar-refractivity contribution < 1.29 is 14.3 Å². The van der Waals surface area contributed by atoms with Crippen LogP contribution in [0.15, 0.2) is 24.3 Å². The maximum Gasteiger partial charge on any atom is 0.251 e. The fourth-order valence-electron chi connectivity index (χ4n) is 2.95. The van der Waals surface area contributed by atoms with Gasteiger partial charge in [-0.05, 0) is 37.1 Å². The van der Waals surface area contributed by atoms with E-state index in [4.69, 9.17) is 4.74 Å². The van der Waals surface area contributed by atoms with Crippen molar-refractivity contribution in [1.29, 1.82) is 0 Å². The topological polar surface area (TPSA) is 58.6 Å². The number of nitrogens with zero attached hydrogens (tertiary/aromatic N) is 1. The molecule has 0 heterocycles. The Morgan fingerprint density at radius 2 is 1.86 bits per heavy atom. The van der Waals surface area contributed by atoms with E-state index in [9.17, 15) is 9.59 Å². The van der Waals surface area contributed by atoms with Crippen LogP contribution in [0.1, 0.15) is 43.0 Å². The lowest BCUT2D eigenvalue weighted by Crippen LogP contribution is -2.42. The quantitative estimate of drug-likeness (QED) is 0.876. The third-order valence-electron chi connectivity index (χ3n) is 4.16. The number of nitrogens with one attached hydrogen (secondary N) is 1. The zero-order valence-corrected chi connectivity index (χ0v) is 13.3. The summed E-state index contributed by atoms with van der Waals surface area (Å²) in [5, 5.41) is 2.87. The van der Waals surface area contributed by atoms with E-state index >= 15 is 0 Å². The van der Waals surface area contributed by atoms with Gasteiger partial charge in [0.05, 0.1) is 7.11 Å². The fraction of sp³-hybridized carbons (Fsp3) is 0.529. The van der Waals surface area contributed by atoms with Crippen LogP contribution in [0.3, 0.4) is 0 Å². The second-order valence-corrected chi connectivity index (χ2v) is 5.64. The molecule has 1 aliphatic carbocycles. The zero-order valence-electron chi connectivity index (χ0n) is 13.3. The molecule has 1 N–H and O–H groups in total. The molecule has 1 fully saturated rings. The molecule has 1 aromatic rings. The average Bonchev–Trinajstić information content (AvgIpc) is 3.05. The van der Waals surface area contributed by atoms with Crippen LogP contribution in [0.2, 0.25) is 0 Å². The summed E-state index contributed by atoms with van der Waals surface area (Å²) in [6, 6.07) is 7.32. The minimum atomic E-state index is -0.127. The van der Waals surface area contributed by atoms with E-state index in [1.807, 2.05) is 4.90 Å². The Morgan fingerprint density at radius 3 is 2.41 bits per heavy atom. The number of carbonyl (C=O) groups is 2. The minimum absolute atomic E-state index is 0.0885. The molecule has 1 aromatic carbocycles. The van der Waals surface area contributed by atoms with Gasteiger partial charge in [0, 0.05) is 31.6 Å². The third-order valence-corrected chi connectivity index (χ3v) is 4.16. The van der Waals surface area contributed by atoms with Crippen molar-refractivity contribution in [1.82, 2.24) is 10.2 Å². The number of amides is 2. The molecule has 1 saturated carbocycles. The van der Waals surface area contributed by atoms with E-state index in [0.29, 0.717) is 24.7 Å². The second kappa shape index (κ2) is 7.82. The van der Waals surface area contributed by atoms with Crippen LogP contribution in [0.4, 0.5) is 0 Å². The zero-order chi connectivity index (χ0) is 15.9. The van der Waals surface area contributed by atoms with E-state index in [0.717, 1.165) is 18.6 Å². The number of methoxy groups -OCH3 is 1. The number of benzene rings is 1. The summed E-state index contributed by atoms with van der Waals surface area (Å²) in [5.74, 6) is 0.684. The first-order valence-corrected chi connectivity index (χ1v) is 7.81. The van der Waals surface area contributed by atoms with E-state index < -0.39 is 0 Å². The van der Waals surface area contributed by atoms with E-state index in [-0.39, 0.29) is 11.8 Å². The van der Waals surface area contributed by atoms with Crippen molar-refractivity contribution in [3.8, 4) is 5.75 Å². The van der Waals surface area contributed by atoms with Crippen LogP contribution in [0.25, 0.3) is 0 Å². The lowest BCUT2D eigenvalue weighted by Gasteiger charge is -2.27. The van der Waals surface area contributed by atoms with Gasteiger partial charge < -0.3 is 15.0 Å². The molecule has 0 radical (unpaired) electrons. The van der Waals surface area contributed by atoms with Gasteiger partial charge in [-0.25, -0.2) is 0 Å². The minimum Gasteiger partial charge on any atom is -0.497 e. The maximum atomic E-state index is 12.1. The monoisotopic (exact) mass is 304 g/mol. The lowest BCUT2D eigenvalue weighted by atomic mass is 10.2. The highest BCUT2D eigenvalue weighted by Gasteiger charge is 2.24. The fourth-order valence-corrected chi connectivity index (χ4v) is 2.95. The first-order valence-electron chi connectivity index (χ1n) is 7.81. The Bertz CT molecular complexity index is 507. The number of hydrogen-bond donors (Lipinski definition) is 1. The summed E-state index contributed by atoms with van der Waals surface area (Å²) in [6.07, 6.45) is 4.53. The lowest BCUT2D eigenvalue weighted by molar-refractivity contribution is -0.130. The normalized spacial score (nSPS) is 14.6. The molecule has 2 amide bonds. The smallest absolute Gasteiger partial charge is 0.251 e. The molecule has 1 aliphatic rings. The van der Waals surface area contributed by atoms with E-state index in [2.05, 4.69) is 5.32 Å². The van der Waals surface area contributed by atoms with Gasteiger partial charge in [-0.3, -0.25) is 9.59 Å². The van der Waals surface area contributed by atoms with Crippen LogP contribution < -0.4 is 10.1 Å². The molecular weight excluding hydrogens is 280 g/mol. The summed E-state index contributed by atoms with van der Waals surface area (Å²) >= 11 is 0. The van der Waals surface area contributed by atoms with E-state index in [1.165, 1.54) is 12.8 Å². The number of hydrogen-bond acceptors (Lipinski definition) is 3. The van der Waals surface area contributed by atoms with Crippen molar-refractivity contribution in [2.75, 3.05) is 20.2 Å². The number of ether oxygens (including phenoxy) is 1. The van der Waals surface area contributed by atoms with Gasteiger partial charge in [0.25, 0.3) is 5.91 Å². The van der Waals surface area contributed by atoms with Gasteiger partial charge in [0.2, 0.25) is 5.91 Å². The van der Waals surface area contributed by atoms with Crippen LogP contribution in [0, 0.1) is 0 Å². The largest absolute Gasteiger partial charge is 0.497 e. The Morgan fingerprint density at radius 1 is 1.23 bits per heavy atom. The molecular formula is C17H24N2O3. The van der Waals surface area contributed by atoms with Crippen LogP contribution in [-0.4, -0.2) is 43.0 Å². The summed E-state index contributed by atoms with van der Waals surface area (Å²) in [7, 11) is 1.59.